The van der Waals surface area contributed by atoms with Crippen LogP contribution in [0.25, 0.3) is 5.65 Å². The van der Waals surface area contributed by atoms with Gasteiger partial charge in [0.25, 0.3) is 0 Å². The summed E-state index contributed by atoms with van der Waals surface area (Å²) in [6.45, 7) is 4.16. The summed E-state index contributed by atoms with van der Waals surface area (Å²) in [7, 11) is 0. The first-order valence-electron chi connectivity index (χ1n) is 6.27. The number of rotatable bonds is 5. The molecule has 2 aromatic heterocycles. The van der Waals surface area contributed by atoms with Crippen molar-refractivity contribution in [3.8, 4) is 0 Å². The van der Waals surface area contributed by atoms with Gasteiger partial charge in [0.1, 0.15) is 10.8 Å². The van der Waals surface area contributed by atoms with Crippen molar-refractivity contribution in [2.24, 2.45) is 0 Å². The molecule has 0 aliphatic carbocycles. The molecule has 20 heavy (non-hydrogen) atoms. The summed E-state index contributed by atoms with van der Waals surface area (Å²) in [5.74, 6) is 0.723. The van der Waals surface area contributed by atoms with Crippen molar-refractivity contribution in [1.29, 1.82) is 0 Å². The van der Waals surface area contributed by atoms with Crippen LogP contribution in [-0.4, -0.2) is 33.9 Å². The largest absolute Gasteiger partial charge is 0.447 e. The van der Waals surface area contributed by atoms with E-state index in [0.717, 1.165) is 16.4 Å². The van der Waals surface area contributed by atoms with Crippen LogP contribution in [-0.2, 0) is 4.74 Å². The van der Waals surface area contributed by atoms with E-state index in [0.29, 0.717) is 11.7 Å². The molecule has 0 fully saturated rings. The van der Waals surface area contributed by atoms with Gasteiger partial charge in [-0.05, 0) is 26.0 Å². The van der Waals surface area contributed by atoms with Crippen molar-refractivity contribution < 1.29 is 9.53 Å². The number of halogens is 1. The summed E-state index contributed by atoms with van der Waals surface area (Å²) in [6.07, 6.45) is 1.12. The molecule has 5 nitrogen and oxygen atoms in total. The first kappa shape index (κ1) is 15.0. The number of amides is 1. The number of pyridine rings is 1. The molecule has 1 N–H and O–H groups in total. The molecule has 2 heterocycles. The van der Waals surface area contributed by atoms with E-state index in [-0.39, 0.29) is 12.2 Å². The molecule has 2 rings (SSSR count). The zero-order valence-corrected chi connectivity index (χ0v) is 12.9. The number of carbonyl (C=O) groups excluding carboxylic acids is 1. The van der Waals surface area contributed by atoms with Gasteiger partial charge in [-0.3, -0.25) is 4.40 Å². The maximum absolute atomic E-state index is 11.3. The molecule has 2 aromatic rings. The van der Waals surface area contributed by atoms with E-state index >= 15 is 0 Å². The van der Waals surface area contributed by atoms with Crippen molar-refractivity contribution in [3.05, 3.63) is 29.5 Å². The van der Waals surface area contributed by atoms with Gasteiger partial charge in [-0.2, -0.15) is 0 Å². The molecule has 0 bridgehead atoms. The summed E-state index contributed by atoms with van der Waals surface area (Å²) in [5.41, 5.74) is 0.812. The van der Waals surface area contributed by atoms with Crippen molar-refractivity contribution in [3.63, 3.8) is 0 Å². The predicted molar refractivity (Wildman–Crippen MR) is 80.5 cm³/mol. The molecule has 0 aliphatic rings. The number of carbonyl (C=O) groups is 1. The lowest BCUT2D eigenvalue weighted by Crippen LogP contribution is -2.28. The summed E-state index contributed by atoms with van der Waals surface area (Å²) < 4.78 is 6.86. The minimum Gasteiger partial charge on any atom is -0.447 e. The number of nitrogens with one attached hydrogen (secondary N) is 1. The average Bonchev–Trinajstić information content (AvgIpc) is 2.77. The molecule has 0 aromatic carbocycles. The molecule has 0 spiro atoms. The van der Waals surface area contributed by atoms with E-state index in [1.54, 1.807) is 18.0 Å². The second kappa shape index (κ2) is 6.85. The van der Waals surface area contributed by atoms with E-state index in [2.05, 4.69) is 10.3 Å². The standard InChI is InChI=1S/C13H16ClN3O2S/c1-9(2)19-13(18)15-6-7-20-12-5-3-4-11-16-8-10(14)17(11)12/h3-5,8-9H,6-7H2,1-2H3,(H,15,18). The van der Waals surface area contributed by atoms with Gasteiger partial charge in [0.05, 0.1) is 17.3 Å². The fourth-order valence-corrected chi connectivity index (χ4v) is 2.83. The van der Waals surface area contributed by atoms with E-state index in [1.807, 2.05) is 36.4 Å². The Morgan fingerprint density at radius 3 is 3.10 bits per heavy atom. The zero-order chi connectivity index (χ0) is 14.5. The summed E-state index contributed by atoms with van der Waals surface area (Å²) in [6, 6.07) is 5.80. The van der Waals surface area contributed by atoms with Crippen LogP contribution in [0.4, 0.5) is 4.79 Å². The van der Waals surface area contributed by atoms with Crippen LogP contribution in [0.3, 0.4) is 0 Å². The maximum atomic E-state index is 11.3. The van der Waals surface area contributed by atoms with Crippen LogP contribution < -0.4 is 5.32 Å². The monoisotopic (exact) mass is 313 g/mol. The van der Waals surface area contributed by atoms with Gasteiger partial charge in [0, 0.05) is 12.3 Å². The van der Waals surface area contributed by atoms with Crippen molar-refractivity contribution in [1.82, 2.24) is 14.7 Å². The lowest BCUT2D eigenvalue weighted by Gasteiger charge is -2.09. The molecule has 108 valence electrons. The molecule has 0 radical (unpaired) electrons. The highest BCUT2D eigenvalue weighted by molar-refractivity contribution is 7.99. The number of nitrogens with zero attached hydrogens (tertiary/aromatic N) is 2. The van der Waals surface area contributed by atoms with Gasteiger partial charge in [0.15, 0.2) is 0 Å². The highest BCUT2D eigenvalue weighted by Gasteiger charge is 2.07. The van der Waals surface area contributed by atoms with Crippen molar-refractivity contribution in [2.45, 2.75) is 25.0 Å². The summed E-state index contributed by atoms with van der Waals surface area (Å²) >= 11 is 7.69. The normalized spacial score (nSPS) is 11.0. The van der Waals surface area contributed by atoms with Crippen LogP contribution in [0, 0.1) is 0 Å². The van der Waals surface area contributed by atoms with Crippen molar-refractivity contribution >= 4 is 35.1 Å². The van der Waals surface area contributed by atoms with E-state index in [9.17, 15) is 4.79 Å². The second-order valence-corrected chi connectivity index (χ2v) is 5.87. The molecule has 0 saturated heterocycles. The average molecular weight is 314 g/mol. The molecule has 0 saturated carbocycles. The Morgan fingerprint density at radius 1 is 1.55 bits per heavy atom. The number of alkyl carbamates (subject to hydrolysis) is 1. The quantitative estimate of drug-likeness (QED) is 0.680. The minimum absolute atomic E-state index is 0.110. The third-order valence-corrected chi connectivity index (χ3v) is 3.70. The lowest BCUT2D eigenvalue weighted by molar-refractivity contribution is 0.116. The number of aromatic nitrogens is 2. The highest BCUT2D eigenvalue weighted by Crippen LogP contribution is 2.23. The molecular weight excluding hydrogens is 298 g/mol. The second-order valence-electron chi connectivity index (χ2n) is 4.37. The third-order valence-electron chi connectivity index (χ3n) is 2.41. The number of ether oxygens (including phenoxy) is 1. The minimum atomic E-state index is -0.389. The number of fused-ring (bicyclic) bond motifs is 1. The van der Waals surface area contributed by atoms with Gasteiger partial charge in [-0.1, -0.05) is 17.7 Å². The van der Waals surface area contributed by atoms with Gasteiger partial charge >= 0.3 is 6.09 Å². The maximum Gasteiger partial charge on any atom is 0.407 e. The molecule has 7 heteroatoms. The number of thioether (sulfide) groups is 1. The van der Waals surface area contributed by atoms with Crippen molar-refractivity contribution in [2.75, 3.05) is 12.3 Å². The zero-order valence-electron chi connectivity index (χ0n) is 11.3. The van der Waals surface area contributed by atoms with Gasteiger partial charge < -0.3 is 10.1 Å². The van der Waals surface area contributed by atoms with Crippen LogP contribution in [0.2, 0.25) is 5.15 Å². The first-order valence-corrected chi connectivity index (χ1v) is 7.63. The number of hydrogen-bond donors (Lipinski definition) is 1. The lowest BCUT2D eigenvalue weighted by atomic mass is 10.5. The SMILES string of the molecule is CC(C)OC(=O)NCCSc1cccc2ncc(Cl)n12. The Labute approximate surface area is 126 Å². The molecule has 1 amide bonds. The Kier molecular flexibility index (Phi) is 5.14. The number of imidazole rings is 1. The Bertz CT molecular complexity index is 600. The number of hydrogen-bond acceptors (Lipinski definition) is 4. The molecular formula is C13H16ClN3O2S. The van der Waals surface area contributed by atoms with Crippen LogP contribution in [0.15, 0.2) is 29.4 Å². The Balaban J connectivity index is 1.87. The van der Waals surface area contributed by atoms with Crippen LogP contribution in [0.1, 0.15) is 13.8 Å². The Morgan fingerprint density at radius 2 is 2.35 bits per heavy atom. The van der Waals surface area contributed by atoms with E-state index in [4.69, 9.17) is 16.3 Å². The summed E-state index contributed by atoms with van der Waals surface area (Å²) in [4.78, 5) is 15.5. The Hall–Kier alpha value is -1.40. The molecule has 0 aliphatic heterocycles. The topological polar surface area (TPSA) is 55.6 Å². The fraction of sp³-hybridized carbons (Fsp3) is 0.385. The molecule has 0 atom stereocenters. The van der Waals surface area contributed by atoms with E-state index in [1.165, 1.54) is 0 Å². The van der Waals surface area contributed by atoms with Crippen LogP contribution in [0.5, 0.6) is 0 Å². The fourth-order valence-electron chi connectivity index (χ4n) is 1.65. The van der Waals surface area contributed by atoms with Gasteiger partial charge in [-0.25, -0.2) is 9.78 Å². The smallest absolute Gasteiger partial charge is 0.407 e. The van der Waals surface area contributed by atoms with Gasteiger partial charge in [-0.15, -0.1) is 11.8 Å². The van der Waals surface area contributed by atoms with Crippen LogP contribution >= 0.6 is 23.4 Å². The van der Waals surface area contributed by atoms with Gasteiger partial charge in [0.2, 0.25) is 0 Å². The third kappa shape index (κ3) is 3.80. The predicted octanol–water partition coefficient (Wildman–Crippen LogP) is 3.21. The van der Waals surface area contributed by atoms with E-state index < -0.39 is 0 Å². The first-order chi connectivity index (χ1) is 9.58. The summed E-state index contributed by atoms with van der Waals surface area (Å²) in [5, 5.41) is 4.27. The highest BCUT2D eigenvalue weighted by atomic mass is 35.5. The molecule has 0 unspecified atom stereocenters.